The molecular weight excluding hydrogens is 306 g/mol. The van der Waals surface area contributed by atoms with Crippen LogP contribution in [0.15, 0.2) is 30.5 Å². The maximum Gasteiger partial charge on any atom is 0.242 e. The van der Waals surface area contributed by atoms with Gasteiger partial charge in [0.05, 0.1) is 12.5 Å². The van der Waals surface area contributed by atoms with Crippen molar-refractivity contribution < 1.29 is 14.4 Å². The van der Waals surface area contributed by atoms with E-state index in [0.29, 0.717) is 6.54 Å². The minimum Gasteiger partial charge on any atom is -0.355 e. The minimum atomic E-state index is -0.613. The molecule has 24 heavy (non-hydrogen) atoms. The van der Waals surface area contributed by atoms with E-state index in [1.54, 1.807) is 18.0 Å². The fraction of sp³-hybridized carbons (Fsp3) is 0.389. The Morgan fingerprint density at radius 3 is 2.62 bits per heavy atom. The zero-order valence-electron chi connectivity index (χ0n) is 14.2. The van der Waals surface area contributed by atoms with Crippen LogP contribution in [0.4, 0.5) is 0 Å². The van der Waals surface area contributed by atoms with Gasteiger partial charge in [-0.15, -0.1) is 0 Å². The summed E-state index contributed by atoms with van der Waals surface area (Å²) in [5.41, 5.74) is 1.92. The second-order valence-electron chi connectivity index (χ2n) is 5.77. The average molecular weight is 329 g/mol. The van der Waals surface area contributed by atoms with E-state index in [1.165, 1.54) is 6.92 Å². The number of fused-ring (bicyclic) bond motifs is 1. The topological polar surface area (TPSA) is 78.5 Å². The second kappa shape index (κ2) is 7.77. The molecule has 2 atom stereocenters. The Morgan fingerprint density at radius 2 is 1.96 bits per heavy atom. The number of carbonyl (C=O) groups excluding carboxylic acids is 3. The van der Waals surface area contributed by atoms with Crippen molar-refractivity contribution in [1.29, 1.82) is 0 Å². The summed E-state index contributed by atoms with van der Waals surface area (Å²) in [5, 5.41) is 5.36. The normalized spacial score (nSPS) is 17.0. The number of rotatable bonds is 5. The summed E-state index contributed by atoms with van der Waals surface area (Å²) in [6.45, 7) is 5.45. The van der Waals surface area contributed by atoms with Crippen LogP contribution < -0.4 is 10.6 Å². The molecule has 0 spiro atoms. The second-order valence-corrected chi connectivity index (χ2v) is 5.77. The maximum absolute atomic E-state index is 12.4. The Hall–Kier alpha value is -2.63. The summed E-state index contributed by atoms with van der Waals surface area (Å²) in [4.78, 5) is 37.5. The third kappa shape index (κ3) is 4.01. The summed E-state index contributed by atoms with van der Waals surface area (Å²) in [7, 11) is 0. The Kier molecular flexibility index (Phi) is 5.73. The van der Waals surface area contributed by atoms with Crippen LogP contribution in [-0.4, -0.2) is 35.2 Å². The molecule has 0 bridgehead atoms. The number of hydrogen-bond donors (Lipinski definition) is 2. The quantitative estimate of drug-likeness (QED) is 0.861. The Bertz CT molecular complexity index is 669. The van der Waals surface area contributed by atoms with E-state index in [9.17, 15) is 14.4 Å². The zero-order valence-corrected chi connectivity index (χ0v) is 14.2. The zero-order chi connectivity index (χ0) is 17.7. The van der Waals surface area contributed by atoms with Gasteiger partial charge in [-0.05, 0) is 31.1 Å². The molecule has 6 heteroatoms. The van der Waals surface area contributed by atoms with Gasteiger partial charge in [0.2, 0.25) is 17.7 Å². The molecule has 1 aromatic carbocycles. The highest BCUT2D eigenvalue weighted by Gasteiger charge is 2.28. The lowest BCUT2D eigenvalue weighted by molar-refractivity contribution is -0.132. The summed E-state index contributed by atoms with van der Waals surface area (Å²) in [6.07, 6.45) is 3.67. The van der Waals surface area contributed by atoms with Crippen LogP contribution in [0.25, 0.3) is 6.08 Å². The number of benzene rings is 1. The largest absolute Gasteiger partial charge is 0.355 e. The number of nitrogens with zero attached hydrogens (tertiary/aromatic N) is 1. The first-order valence-corrected chi connectivity index (χ1v) is 8.07. The van der Waals surface area contributed by atoms with Gasteiger partial charge in [-0.25, -0.2) is 0 Å². The van der Waals surface area contributed by atoms with E-state index in [-0.39, 0.29) is 30.2 Å². The summed E-state index contributed by atoms with van der Waals surface area (Å²) in [6, 6.07) is 6.69. The molecular formula is C18H23N3O3. The van der Waals surface area contributed by atoms with Gasteiger partial charge in [0.1, 0.15) is 6.04 Å². The molecule has 0 fully saturated rings. The van der Waals surface area contributed by atoms with Crippen LogP contribution in [0.2, 0.25) is 0 Å². The lowest BCUT2D eigenvalue weighted by Crippen LogP contribution is -2.45. The molecule has 0 radical (unpaired) electrons. The van der Waals surface area contributed by atoms with Crippen LogP contribution in [0.1, 0.15) is 44.4 Å². The van der Waals surface area contributed by atoms with Crippen LogP contribution in [0.3, 0.4) is 0 Å². The number of nitrogens with one attached hydrogen (secondary N) is 2. The van der Waals surface area contributed by atoms with Gasteiger partial charge in [0, 0.05) is 19.7 Å². The van der Waals surface area contributed by atoms with Crippen molar-refractivity contribution in [3.8, 4) is 0 Å². The first-order chi connectivity index (χ1) is 11.4. The predicted octanol–water partition coefficient (Wildman–Crippen LogP) is 1.59. The van der Waals surface area contributed by atoms with E-state index in [4.69, 9.17) is 0 Å². The minimum absolute atomic E-state index is 0.102. The van der Waals surface area contributed by atoms with Crippen molar-refractivity contribution in [3.63, 3.8) is 0 Å². The Labute approximate surface area is 141 Å². The molecule has 2 N–H and O–H groups in total. The molecule has 6 nitrogen and oxygen atoms in total. The Balaban J connectivity index is 2.13. The summed E-state index contributed by atoms with van der Waals surface area (Å²) < 4.78 is 0. The van der Waals surface area contributed by atoms with Crippen LogP contribution in [-0.2, 0) is 14.4 Å². The molecule has 1 aliphatic rings. The highest BCUT2D eigenvalue weighted by molar-refractivity contribution is 5.88. The van der Waals surface area contributed by atoms with E-state index in [2.05, 4.69) is 10.6 Å². The van der Waals surface area contributed by atoms with E-state index < -0.39 is 6.04 Å². The SMILES string of the molecule is CCNC(=O)[C@@H](C)NC(=O)C[C@@H]1c2ccccc2C=CN1C(C)=O. The average Bonchev–Trinajstić information content (AvgIpc) is 2.54. The standard InChI is InChI=1S/C18H23N3O3/c1-4-19-18(24)12(2)20-17(23)11-16-15-8-6-5-7-14(15)9-10-21(16)13(3)22/h5-10,12,16H,4,11H2,1-3H3,(H,19,24)(H,20,23)/t12-,16-/m1/s1. The lowest BCUT2D eigenvalue weighted by Gasteiger charge is -2.32. The van der Waals surface area contributed by atoms with Crippen molar-refractivity contribution in [2.45, 2.75) is 39.3 Å². The lowest BCUT2D eigenvalue weighted by atomic mass is 9.93. The van der Waals surface area contributed by atoms with Crippen molar-refractivity contribution in [2.75, 3.05) is 6.54 Å². The van der Waals surface area contributed by atoms with Crippen molar-refractivity contribution >= 4 is 23.8 Å². The molecule has 1 aliphatic heterocycles. The van der Waals surface area contributed by atoms with Crippen LogP contribution in [0.5, 0.6) is 0 Å². The molecule has 0 aliphatic carbocycles. The summed E-state index contributed by atoms with van der Waals surface area (Å²) >= 11 is 0. The number of carbonyl (C=O) groups is 3. The highest BCUT2D eigenvalue weighted by atomic mass is 16.2. The fourth-order valence-corrected chi connectivity index (χ4v) is 2.78. The van der Waals surface area contributed by atoms with Crippen LogP contribution in [0, 0.1) is 0 Å². The maximum atomic E-state index is 12.4. The molecule has 0 saturated carbocycles. The number of likely N-dealkylation sites (N-methyl/N-ethyl adjacent to an activating group) is 1. The van der Waals surface area contributed by atoms with Crippen molar-refractivity contribution in [2.24, 2.45) is 0 Å². The number of amides is 3. The molecule has 0 unspecified atom stereocenters. The smallest absolute Gasteiger partial charge is 0.242 e. The van der Waals surface area contributed by atoms with Crippen LogP contribution >= 0.6 is 0 Å². The molecule has 128 valence electrons. The first-order valence-electron chi connectivity index (χ1n) is 8.07. The molecule has 3 amide bonds. The molecule has 1 heterocycles. The number of hydrogen-bond acceptors (Lipinski definition) is 3. The van der Waals surface area contributed by atoms with E-state index in [0.717, 1.165) is 11.1 Å². The van der Waals surface area contributed by atoms with Gasteiger partial charge in [-0.1, -0.05) is 24.3 Å². The molecule has 1 aromatic rings. The fourth-order valence-electron chi connectivity index (χ4n) is 2.78. The van der Waals surface area contributed by atoms with Crippen molar-refractivity contribution in [3.05, 3.63) is 41.6 Å². The third-order valence-corrected chi connectivity index (χ3v) is 3.97. The predicted molar refractivity (Wildman–Crippen MR) is 91.6 cm³/mol. The van der Waals surface area contributed by atoms with Gasteiger partial charge < -0.3 is 15.5 Å². The van der Waals surface area contributed by atoms with Gasteiger partial charge in [-0.3, -0.25) is 14.4 Å². The van der Waals surface area contributed by atoms with E-state index in [1.807, 2.05) is 37.3 Å². The first kappa shape index (κ1) is 17.7. The van der Waals surface area contributed by atoms with Gasteiger partial charge in [0.25, 0.3) is 0 Å². The van der Waals surface area contributed by atoms with E-state index >= 15 is 0 Å². The van der Waals surface area contributed by atoms with Gasteiger partial charge in [0.15, 0.2) is 0 Å². The van der Waals surface area contributed by atoms with Gasteiger partial charge >= 0.3 is 0 Å². The highest BCUT2D eigenvalue weighted by Crippen LogP contribution is 2.32. The van der Waals surface area contributed by atoms with Gasteiger partial charge in [-0.2, -0.15) is 0 Å². The Morgan fingerprint density at radius 1 is 1.25 bits per heavy atom. The monoisotopic (exact) mass is 329 g/mol. The summed E-state index contributed by atoms with van der Waals surface area (Å²) in [5.74, 6) is -0.622. The van der Waals surface area contributed by atoms with Crippen molar-refractivity contribution in [1.82, 2.24) is 15.5 Å². The third-order valence-electron chi connectivity index (χ3n) is 3.97. The molecule has 0 saturated heterocycles. The molecule has 0 aromatic heterocycles. The molecule has 2 rings (SSSR count).